The van der Waals surface area contributed by atoms with Crippen LogP contribution in [0.15, 0.2) is 41.4 Å². The van der Waals surface area contributed by atoms with Crippen molar-refractivity contribution in [3.63, 3.8) is 0 Å². The number of carbonyl (C=O) groups is 1. The van der Waals surface area contributed by atoms with E-state index in [9.17, 15) is 4.79 Å². The van der Waals surface area contributed by atoms with Crippen LogP contribution in [-0.2, 0) is 5.54 Å². The minimum atomic E-state index is -0.250. The summed E-state index contributed by atoms with van der Waals surface area (Å²) in [4.78, 5) is 22.6. The van der Waals surface area contributed by atoms with Gasteiger partial charge in [0.2, 0.25) is 0 Å². The normalized spacial score (nSPS) is 14.2. The molecule has 3 aromatic heterocycles. The van der Waals surface area contributed by atoms with Crippen LogP contribution in [0.3, 0.4) is 0 Å². The van der Waals surface area contributed by atoms with Gasteiger partial charge in [0.05, 0.1) is 33.6 Å². The maximum absolute atomic E-state index is 13.6. The Morgan fingerprint density at radius 2 is 2.00 bits per heavy atom. The molecule has 1 aromatic carbocycles. The fourth-order valence-electron chi connectivity index (χ4n) is 3.87. The molecule has 4 aromatic rings. The average molecular weight is 494 g/mol. The lowest BCUT2D eigenvalue weighted by Gasteiger charge is -2.20. The lowest BCUT2D eigenvalue weighted by molar-refractivity contribution is 0.102. The first-order valence-corrected chi connectivity index (χ1v) is 11.4. The first-order valence-electron chi connectivity index (χ1n) is 10.6. The first kappa shape index (κ1) is 20.8. The van der Waals surface area contributed by atoms with Crippen molar-refractivity contribution in [2.75, 3.05) is 5.32 Å². The molecule has 1 aliphatic carbocycles. The van der Waals surface area contributed by atoms with Crippen molar-refractivity contribution in [2.45, 2.75) is 52.0 Å². The second kappa shape index (κ2) is 7.51. The van der Waals surface area contributed by atoms with E-state index in [0.29, 0.717) is 17.2 Å². The molecule has 3 heterocycles. The fraction of sp³-hybridized carbons (Fsp3) is 0.348. The molecular weight excluding hydrogens is 470 g/mol. The van der Waals surface area contributed by atoms with Crippen molar-refractivity contribution in [2.24, 2.45) is 0 Å². The Bertz CT molecular complexity index is 1330. The highest BCUT2D eigenvalue weighted by molar-refractivity contribution is 9.10. The highest BCUT2D eigenvalue weighted by Crippen LogP contribution is 2.41. The highest BCUT2D eigenvalue weighted by atomic mass is 79.9. The minimum Gasteiger partial charge on any atom is -0.320 e. The van der Waals surface area contributed by atoms with Crippen LogP contribution in [0, 0.1) is 6.92 Å². The number of nitrogens with zero attached hydrogens (tertiary/aromatic N) is 6. The van der Waals surface area contributed by atoms with Crippen molar-refractivity contribution >= 4 is 38.6 Å². The third-order valence-electron chi connectivity index (χ3n) is 5.58. The van der Waals surface area contributed by atoms with Gasteiger partial charge in [-0.05, 0) is 64.8 Å². The molecule has 164 valence electrons. The molecule has 1 aliphatic rings. The van der Waals surface area contributed by atoms with Gasteiger partial charge in [-0.15, -0.1) is 0 Å². The summed E-state index contributed by atoms with van der Waals surface area (Å²) < 4.78 is 4.41. The fourth-order valence-corrected chi connectivity index (χ4v) is 4.23. The Kier molecular flexibility index (Phi) is 4.88. The molecule has 0 unspecified atom stereocenters. The molecule has 0 radical (unpaired) electrons. The van der Waals surface area contributed by atoms with Crippen LogP contribution in [-0.4, -0.2) is 35.4 Å². The number of fused-ring (bicyclic) bond motifs is 1. The van der Waals surface area contributed by atoms with Crippen molar-refractivity contribution < 1.29 is 4.79 Å². The average Bonchev–Trinajstić information content (AvgIpc) is 3.33. The third-order valence-corrected chi connectivity index (χ3v) is 6.07. The van der Waals surface area contributed by atoms with Crippen molar-refractivity contribution in [1.29, 1.82) is 0 Å². The molecule has 1 fully saturated rings. The summed E-state index contributed by atoms with van der Waals surface area (Å²) in [5.74, 6) is 0.210. The number of nitrogens with one attached hydrogen (secondary N) is 1. The number of hydrogen-bond acceptors (Lipinski definition) is 5. The minimum absolute atomic E-state index is 0.199. The van der Waals surface area contributed by atoms with E-state index in [1.165, 1.54) is 6.33 Å². The lowest BCUT2D eigenvalue weighted by Crippen LogP contribution is -2.24. The standard InChI is InChI=1S/C23H24BrN7O/c1-13-20-16(10-17(14-5-6-14)27-21(20)31(29-13)23(2,3)4)22(32)28-18-9-15(24)7-8-19(18)30-12-25-11-26-30/h7-12,14H,5-6H2,1-4H3,(H,28,32). The van der Waals surface area contributed by atoms with E-state index in [2.05, 4.69) is 52.1 Å². The molecule has 8 nitrogen and oxygen atoms in total. The van der Waals surface area contributed by atoms with Crippen LogP contribution < -0.4 is 5.32 Å². The quantitative estimate of drug-likeness (QED) is 0.433. The number of halogens is 1. The van der Waals surface area contributed by atoms with Crippen LogP contribution in [0.4, 0.5) is 5.69 Å². The number of pyridine rings is 1. The van der Waals surface area contributed by atoms with Gasteiger partial charge < -0.3 is 5.32 Å². The van der Waals surface area contributed by atoms with Crippen LogP contribution in [0.2, 0.25) is 0 Å². The summed E-state index contributed by atoms with van der Waals surface area (Å²) in [6, 6.07) is 7.58. The second-order valence-electron chi connectivity index (χ2n) is 9.19. The van der Waals surface area contributed by atoms with Gasteiger partial charge in [0, 0.05) is 16.1 Å². The zero-order valence-corrected chi connectivity index (χ0v) is 20.0. The first-order chi connectivity index (χ1) is 15.2. The topological polar surface area (TPSA) is 90.5 Å². The van der Waals surface area contributed by atoms with Gasteiger partial charge in [-0.3, -0.25) is 4.79 Å². The largest absolute Gasteiger partial charge is 0.320 e. The Morgan fingerprint density at radius 3 is 2.66 bits per heavy atom. The number of aromatic nitrogens is 6. The van der Waals surface area contributed by atoms with E-state index >= 15 is 0 Å². The van der Waals surface area contributed by atoms with Gasteiger partial charge in [-0.2, -0.15) is 10.2 Å². The number of aryl methyl sites for hydroxylation is 1. The number of hydrogen-bond donors (Lipinski definition) is 1. The number of carbonyl (C=O) groups excluding carboxylic acids is 1. The van der Waals surface area contributed by atoms with Gasteiger partial charge in [0.25, 0.3) is 5.91 Å². The van der Waals surface area contributed by atoms with Gasteiger partial charge >= 0.3 is 0 Å². The van der Waals surface area contributed by atoms with Gasteiger partial charge in [-0.1, -0.05) is 15.9 Å². The Balaban J connectivity index is 1.64. The molecular formula is C23H24BrN7O. The molecule has 1 N–H and O–H groups in total. The number of anilines is 1. The smallest absolute Gasteiger partial charge is 0.256 e. The summed E-state index contributed by atoms with van der Waals surface area (Å²) in [6.07, 6.45) is 5.27. The van der Waals surface area contributed by atoms with Crippen molar-refractivity contribution in [3.05, 3.63) is 58.3 Å². The Hall–Kier alpha value is -3.07. The van der Waals surface area contributed by atoms with Crippen molar-refractivity contribution in [1.82, 2.24) is 29.5 Å². The predicted octanol–water partition coefficient (Wildman–Crippen LogP) is 4.97. The van der Waals surface area contributed by atoms with Crippen LogP contribution in [0.5, 0.6) is 0 Å². The van der Waals surface area contributed by atoms with Gasteiger partial charge in [0.15, 0.2) is 5.65 Å². The molecule has 0 atom stereocenters. The molecule has 0 aliphatic heterocycles. The predicted molar refractivity (Wildman–Crippen MR) is 126 cm³/mol. The van der Waals surface area contributed by atoms with Crippen LogP contribution >= 0.6 is 15.9 Å². The Morgan fingerprint density at radius 1 is 1.22 bits per heavy atom. The zero-order chi connectivity index (χ0) is 22.6. The zero-order valence-electron chi connectivity index (χ0n) is 18.4. The number of rotatable bonds is 4. The molecule has 0 saturated heterocycles. The summed E-state index contributed by atoms with van der Waals surface area (Å²) in [5, 5.41) is 12.8. The maximum atomic E-state index is 13.6. The highest BCUT2D eigenvalue weighted by Gasteiger charge is 2.30. The van der Waals surface area contributed by atoms with Crippen molar-refractivity contribution in [3.8, 4) is 5.69 Å². The van der Waals surface area contributed by atoms with E-state index in [1.807, 2.05) is 35.9 Å². The Labute approximate surface area is 194 Å². The van der Waals surface area contributed by atoms with Crippen LogP contribution in [0.25, 0.3) is 16.7 Å². The van der Waals surface area contributed by atoms with E-state index < -0.39 is 0 Å². The van der Waals surface area contributed by atoms with Crippen LogP contribution in [0.1, 0.15) is 61.3 Å². The lowest BCUT2D eigenvalue weighted by atomic mass is 10.1. The van der Waals surface area contributed by atoms with E-state index in [0.717, 1.165) is 45.4 Å². The summed E-state index contributed by atoms with van der Waals surface area (Å²) in [5.41, 5.74) is 4.21. The monoisotopic (exact) mass is 493 g/mol. The summed E-state index contributed by atoms with van der Waals surface area (Å²) >= 11 is 3.50. The summed E-state index contributed by atoms with van der Waals surface area (Å²) in [6.45, 7) is 8.21. The molecule has 9 heteroatoms. The van der Waals surface area contributed by atoms with Gasteiger partial charge in [-0.25, -0.2) is 19.3 Å². The van der Waals surface area contributed by atoms with Gasteiger partial charge in [0.1, 0.15) is 12.7 Å². The molecule has 0 bridgehead atoms. The maximum Gasteiger partial charge on any atom is 0.256 e. The molecule has 1 saturated carbocycles. The summed E-state index contributed by atoms with van der Waals surface area (Å²) in [7, 11) is 0. The second-order valence-corrected chi connectivity index (χ2v) is 10.1. The molecule has 32 heavy (non-hydrogen) atoms. The number of amides is 1. The molecule has 0 spiro atoms. The number of benzene rings is 1. The molecule has 1 amide bonds. The molecule has 5 rings (SSSR count). The third kappa shape index (κ3) is 3.70. The van der Waals surface area contributed by atoms with E-state index in [-0.39, 0.29) is 11.4 Å². The SMILES string of the molecule is Cc1nn(C(C)(C)C)c2nc(C3CC3)cc(C(=O)Nc3cc(Br)ccc3-n3cncn3)c12. The van der Waals surface area contributed by atoms with E-state index in [1.54, 1.807) is 11.0 Å². The van der Waals surface area contributed by atoms with E-state index in [4.69, 9.17) is 10.1 Å².